The van der Waals surface area contributed by atoms with E-state index in [9.17, 15) is 9.18 Å². The van der Waals surface area contributed by atoms with Crippen molar-refractivity contribution in [3.8, 4) is 11.3 Å². The summed E-state index contributed by atoms with van der Waals surface area (Å²) in [6, 6.07) is 10.1. The molecule has 0 spiro atoms. The fourth-order valence-electron chi connectivity index (χ4n) is 3.50. The number of rotatable bonds is 3. The van der Waals surface area contributed by atoms with Gasteiger partial charge < -0.3 is 9.64 Å². The van der Waals surface area contributed by atoms with Crippen molar-refractivity contribution in [2.75, 3.05) is 24.6 Å². The Kier molecular flexibility index (Phi) is 5.55. The molecule has 1 aromatic carbocycles. The van der Waals surface area contributed by atoms with E-state index in [1.54, 1.807) is 19.2 Å². The van der Waals surface area contributed by atoms with Crippen LogP contribution in [-0.4, -0.2) is 34.2 Å². The van der Waals surface area contributed by atoms with E-state index in [2.05, 4.69) is 14.8 Å². The Balaban J connectivity index is 1.70. The molecule has 7 nitrogen and oxygen atoms in total. The van der Waals surface area contributed by atoms with Crippen molar-refractivity contribution in [2.24, 2.45) is 7.05 Å². The van der Waals surface area contributed by atoms with E-state index in [0.29, 0.717) is 31.3 Å². The minimum atomic E-state index is -0.527. The Bertz CT molecular complexity index is 1150. The number of ether oxygens (including phenoxy) is 1. The first-order valence-corrected chi connectivity index (χ1v) is 9.59. The number of pyridine rings is 1. The molecule has 0 amide bonds. The zero-order chi connectivity index (χ0) is 21.1. The van der Waals surface area contributed by atoms with E-state index < -0.39 is 5.82 Å². The van der Waals surface area contributed by atoms with Crippen molar-refractivity contribution >= 4 is 11.6 Å². The van der Waals surface area contributed by atoms with E-state index in [-0.39, 0.29) is 22.9 Å². The van der Waals surface area contributed by atoms with Crippen LogP contribution in [0.15, 0.2) is 53.6 Å². The van der Waals surface area contributed by atoms with Gasteiger partial charge in [-0.3, -0.25) is 14.3 Å². The topological polar surface area (TPSA) is 64.6 Å². The summed E-state index contributed by atoms with van der Waals surface area (Å²) in [5.41, 5.74) is 1.77. The lowest BCUT2D eigenvalue weighted by Gasteiger charge is -2.27. The summed E-state index contributed by atoms with van der Waals surface area (Å²) >= 11 is 0. The van der Waals surface area contributed by atoms with Crippen LogP contribution < -0.4 is 10.5 Å². The molecular formula is C22H20FN5O2. The van der Waals surface area contributed by atoms with Crippen LogP contribution in [0.4, 0.5) is 16.0 Å². The van der Waals surface area contributed by atoms with Gasteiger partial charge in [-0.1, -0.05) is 24.3 Å². The first-order chi connectivity index (χ1) is 14.6. The summed E-state index contributed by atoms with van der Waals surface area (Å²) < 4.78 is 21.7. The Morgan fingerprint density at radius 3 is 2.80 bits per heavy atom. The molecule has 4 rings (SSSR count). The van der Waals surface area contributed by atoms with Gasteiger partial charge in [0.05, 0.1) is 31.1 Å². The molecule has 0 unspecified atom stereocenters. The zero-order valence-electron chi connectivity index (χ0n) is 16.5. The SMILES string of the molecule is [C-]#[N+]c1ccc([C@H]2CN(c3nc(-c4ccncc4F)cc(=O)n3C)CCCO2)cc1. The largest absolute Gasteiger partial charge is 0.372 e. The first kappa shape index (κ1) is 19.7. The lowest BCUT2D eigenvalue weighted by molar-refractivity contribution is 0.0685. The van der Waals surface area contributed by atoms with Gasteiger partial charge in [-0.05, 0) is 18.1 Å². The van der Waals surface area contributed by atoms with Gasteiger partial charge >= 0.3 is 0 Å². The molecule has 3 aromatic rings. The zero-order valence-corrected chi connectivity index (χ0v) is 16.5. The lowest BCUT2D eigenvalue weighted by atomic mass is 10.1. The highest BCUT2D eigenvalue weighted by Gasteiger charge is 2.24. The summed E-state index contributed by atoms with van der Waals surface area (Å²) in [4.78, 5) is 26.4. The van der Waals surface area contributed by atoms with E-state index in [0.717, 1.165) is 18.2 Å². The van der Waals surface area contributed by atoms with Crippen molar-refractivity contribution in [3.63, 3.8) is 0 Å². The molecule has 152 valence electrons. The van der Waals surface area contributed by atoms with Crippen molar-refractivity contribution in [3.05, 3.63) is 81.9 Å². The van der Waals surface area contributed by atoms with Crippen LogP contribution in [0.25, 0.3) is 16.1 Å². The molecule has 1 aliphatic heterocycles. The molecule has 1 fully saturated rings. The molecule has 0 radical (unpaired) electrons. The van der Waals surface area contributed by atoms with Gasteiger partial charge in [0, 0.05) is 38.0 Å². The quantitative estimate of drug-likeness (QED) is 0.624. The predicted octanol–water partition coefficient (Wildman–Crippen LogP) is 3.50. The number of nitrogens with zero attached hydrogens (tertiary/aromatic N) is 5. The predicted molar refractivity (Wildman–Crippen MR) is 111 cm³/mol. The Morgan fingerprint density at radius 1 is 1.27 bits per heavy atom. The second-order valence-corrected chi connectivity index (χ2v) is 7.06. The van der Waals surface area contributed by atoms with E-state index >= 15 is 0 Å². The van der Waals surface area contributed by atoms with E-state index in [1.807, 2.05) is 17.0 Å². The average molecular weight is 405 g/mol. The molecule has 0 N–H and O–H groups in total. The maximum Gasteiger partial charge on any atom is 0.255 e. The third-order valence-electron chi connectivity index (χ3n) is 5.11. The second kappa shape index (κ2) is 8.43. The molecule has 1 atom stereocenters. The molecule has 30 heavy (non-hydrogen) atoms. The van der Waals surface area contributed by atoms with Gasteiger partial charge in [0.15, 0.2) is 11.5 Å². The highest BCUT2D eigenvalue weighted by Crippen LogP contribution is 2.27. The number of anilines is 1. The van der Waals surface area contributed by atoms with Gasteiger partial charge in [0.25, 0.3) is 5.56 Å². The van der Waals surface area contributed by atoms with Crippen molar-refractivity contribution < 1.29 is 9.13 Å². The smallest absolute Gasteiger partial charge is 0.255 e. The average Bonchev–Trinajstić information content (AvgIpc) is 3.02. The third-order valence-corrected chi connectivity index (χ3v) is 5.11. The summed E-state index contributed by atoms with van der Waals surface area (Å²) in [6.07, 6.45) is 3.11. The minimum absolute atomic E-state index is 0.231. The summed E-state index contributed by atoms with van der Waals surface area (Å²) in [5.74, 6) is -0.0665. The third kappa shape index (κ3) is 3.93. The van der Waals surface area contributed by atoms with Crippen molar-refractivity contribution in [1.29, 1.82) is 0 Å². The van der Waals surface area contributed by atoms with Crippen LogP contribution in [0.1, 0.15) is 18.1 Å². The first-order valence-electron chi connectivity index (χ1n) is 9.59. The lowest BCUT2D eigenvalue weighted by Crippen LogP contribution is -2.34. The van der Waals surface area contributed by atoms with Crippen LogP contribution in [0.5, 0.6) is 0 Å². The Morgan fingerprint density at radius 2 is 2.07 bits per heavy atom. The van der Waals surface area contributed by atoms with Crippen LogP contribution in [0.3, 0.4) is 0 Å². The number of aromatic nitrogens is 3. The summed E-state index contributed by atoms with van der Waals surface area (Å²) in [6.45, 7) is 8.81. The maximum atomic E-state index is 14.2. The van der Waals surface area contributed by atoms with Crippen molar-refractivity contribution in [1.82, 2.24) is 14.5 Å². The fraction of sp³-hybridized carbons (Fsp3) is 0.273. The van der Waals surface area contributed by atoms with Crippen LogP contribution >= 0.6 is 0 Å². The molecule has 3 heterocycles. The maximum absolute atomic E-state index is 14.2. The molecule has 1 aliphatic rings. The molecule has 0 aliphatic carbocycles. The number of hydrogen-bond acceptors (Lipinski definition) is 5. The Labute approximate surface area is 173 Å². The van der Waals surface area contributed by atoms with Gasteiger partial charge in [-0.25, -0.2) is 14.2 Å². The van der Waals surface area contributed by atoms with Gasteiger partial charge in [0.1, 0.15) is 0 Å². The monoisotopic (exact) mass is 405 g/mol. The molecule has 1 saturated heterocycles. The number of halogens is 1. The van der Waals surface area contributed by atoms with Gasteiger partial charge in [-0.2, -0.15) is 0 Å². The highest BCUT2D eigenvalue weighted by atomic mass is 19.1. The molecule has 8 heteroatoms. The summed E-state index contributed by atoms with van der Waals surface area (Å²) in [5, 5.41) is 0. The van der Waals surface area contributed by atoms with Crippen LogP contribution in [0.2, 0.25) is 0 Å². The second-order valence-electron chi connectivity index (χ2n) is 7.06. The Hall–Kier alpha value is -3.57. The van der Waals surface area contributed by atoms with E-state index in [1.165, 1.54) is 22.9 Å². The van der Waals surface area contributed by atoms with Crippen LogP contribution in [-0.2, 0) is 11.8 Å². The summed E-state index contributed by atoms with van der Waals surface area (Å²) in [7, 11) is 1.66. The van der Waals surface area contributed by atoms with Gasteiger partial charge in [0.2, 0.25) is 5.95 Å². The molecule has 0 bridgehead atoms. The molecular weight excluding hydrogens is 385 g/mol. The minimum Gasteiger partial charge on any atom is -0.372 e. The van der Waals surface area contributed by atoms with Crippen molar-refractivity contribution in [2.45, 2.75) is 12.5 Å². The number of benzene rings is 1. The molecule has 2 aromatic heterocycles. The standard InChI is InChI=1S/C22H20FN5O2/c1-24-16-6-4-15(5-7-16)20-14-28(10-3-11-30-20)22-26-19(12-21(29)27(22)2)17-8-9-25-13-18(17)23/h4-9,12-13,20H,3,10-11,14H2,2H3/t20-/m1/s1. The van der Waals surface area contributed by atoms with Crippen LogP contribution in [0, 0.1) is 12.4 Å². The normalized spacial score (nSPS) is 16.7. The highest BCUT2D eigenvalue weighted by molar-refractivity contribution is 5.60. The fourth-order valence-corrected chi connectivity index (χ4v) is 3.50. The molecule has 0 saturated carbocycles. The van der Waals surface area contributed by atoms with Gasteiger partial charge in [-0.15, -0.1) is 0 Å². The number of hydrogen-bond donors (Lipinski definition) is 0. The van der Waals surface area contributed by atoms with E-state index in [4.69, 9.17) is 11.3 Å².